The van der Waals surface area contributed by atoms with Crippen LogP contribution in [0.3, 0.4) is 0 Å². The number of alkyl halides is 2. The predicted molar refractivity (Wildman–Crippen MR) is 93.0 cm³/mol. The van der Waals surface area contributed by atoms with Gasteiger partial charge in [0.05, 0.1) is 14.2 Å². The van der Waals surface area contributed by atoms with Crippen LogP contribution < -0.4 is 14.2 Å². The molecule has 0 aromatic heterocycles. The van der Waals surface area contributed by atoms with Crippen LogP contribution in [-0.4, -0.2) is 38.2 Å². The van der Waals surface area contributed by atoms with Crippen molar-refractivity contribution in [3.05, 3.63) is 53.6 Å². The summed E-state index contributed by atoms with van der Waals surface area (Å²) in [5.74, 6) is 0.474. The standard InChI is InChI=1S/C19H21F2NO4/c1-4-22(12-13-5-8-15(24-2)9-6-13)18(23)14-7-10-16(26-19(20)21)17(11-14)25-3/h5-11,19H,4,12H2,1-3H3. The lowest BCUT2D eigenvalue weighted by atomic mass is 10.1. The van der Waals surface area contributed by atoms with Crippen molar-refractivity contribution in [2.24, 2.45) is 0 Å². The quantitative estimate of drug-likeness (QED) is 0.710. The number of hydrogen-bond donors (Lipinski definition) is 0. The number of hydrogen-bond acceptors (Lipinski definition) is 4. The summed E-state index contributed by atoms with van der Waals surface area (Å²) in [5.41, 5.74) is 1.28. The first-order chi connectivity index (χ1) is 12.5. The van der Waals surface area contributed by atoms with Crippen LogP contribution in [0.1, 0.15) is 22.8 Å². The maximum Gasteiger partial charge on any atom is 0.387 e. The number of methoxy groups -OCH3 is 2. The van der Waals surface area contributed by atoms with Crippen molar-refractivity contribution >= 4 is 5.91 Å². The van der Waals surface area contributed by atoms with Gasteiger partial charge in [-0.05, 0) is 42.8 Å². The number of halogens is 2. The zero-order chi connectivity index (χ0) is 19.1. The smallest absolute Gasteiger partial charge is 0.387 e. The number of benzene rings is 2. The first-order valence-corrected chi connectivity index (χ1v) is 8.03. The van der Waals surface area contributed by atoms with Crippen molar-refractivity contribution in [2.45, 2.75) is 20.1 Å². The molecule has 140 valence electrons. The Balaban J connectivity index is 2.18. The molecule has 0 saturated carbocycles. The average molecular weight is 365 g/mol. The van der Waals surface area contributed by atoms with Gasteiger partial charge < -0.3 is 19.1 Å². The van der Waals surface area contributed by atoms with E-state index in [1.807, 2.05) is 31.2 Å². The van der Waals surface area contributed by atoms with Crippen LogP contribution >= 0.6 is 0 Å². The summed E-state index contributed by atoms with van der Waals surface area (Å²) >= 11 is 0. The van der Waals surface area contributed by atoms with Crippen molar-refractivity contribution in [1.29, 1.82) is 0 Å². The summed E-state index contributed by atoms with van der Waals surface area (Å²) in [7, 11) is 2.92. The first kappa shape index (κ1) is 19.5. The van der Waals surface area contributed by atoms with Gasteiger partial charge in [0.2, 0.25) is 0 Å². The lowest BCUT2D eigenvalue weighted by Crippen LogP contribution is -2.30. The molecule has 0 bridgehead atoms. The van der Waals surface area contributed by atoms with E-state index in [1.165, 1.54) is 25.3 Å². The van der Waals surface area contributed by atoms with E-state index in [9.17, 15) is 13.6 Å². The second-order valence-electron chi connectivity index (χ2n) is 5.41. The first-order valence-electron chi connectivity index (χ1n) is 8.03. The molecule has 2 aromatic rings. The number of nitrogens with zero attached hydrogens (tertiary/aromatic N) is 1. The summed E-state index contributed by atoms with van der Waals surface area (Å²) in [6, 6.07) is 11.6. The Morgan fingerprint density at radius 2 is 1.73 bits per heavy atom. The maximum absolute atomic E-state index is 12.8. The Morgan fingerprint density at radius 3 is 2.27 bits per heavy atom. The zero-order valence-electron chi connectivity index (χ0n) is 14.9. The van der Waals surface area contributed by atoms with Gasteiger partial charge >= 0.3 is 6.61 Å². The summed E-state index contributed by atoms with van der Waals surface area (Å²) in [5, 5.41) is 0. The Hall–Kier alpha value is -2.83. The van der Waals surface area contributed by atoms with E-state index in [0.29, 0.717) is 18.7 Å². The van der Waals surface area contributed by atoms with E-state index >= 15 is 0 Å². The maximum atomic E-state index is 12.8. The topological polar surface area (TPSA) is 48.0 Å². The normalized spacial score (nSPS) is 10.5. The zero-order valence-corrected chi connectivity index (χ0v) is 14.9. The fourth-order valence-corrected chi connectivity index (χ4v) is 2.46. The Labute approximate surface area is 151 Å². The molecule has 26 heavy (non-hydrogen) atoms. The van der Waals surface area contributed by atoms with Crippen LogP contribution in [0, 0.1) is 0 Å². The Bertz CT molecular complexity index is 735. The van der Waals surface area contributed by atoms with Gasteiger partial charge in [0.15, 0.2) is 11.5 Å². The number of carbonyl (C=O) groups excluding carboxylic acids is 1. The molecule has 0 N–H and O–H groups in total. The number of ether oxygens (including phenoxy) is 3. The van der Waals surface area contributed by atoms with Gasteiger partial charge in [-0.1, -0.05) is 12.1 Å². The minimum atomic E-state index is -2.97. The minimum absolute atomic E-state index is 0.0802. The number of amides is 1. The highest BCUT2D eigenvalue weighted by Gasteiger charge is 2.18. The van der Waals surface area contributed by atoms with E-state index in [4.69, 9.17) is 9.47 Å². The molecule has 0 fully saturated rings. The molecular weight excluding hydrogens is 344 g/mol. The number of carbonyl (C=O) groups is 1. The molecule has 7 heteroatoms. The number of rotatable bonds is 8. The third-order valence-electron chi connectivity index (χ3n) is 3.83. The van der Waals surface area contributed by atoms with Gasteiger partial charge in [0, 0.05) is 18.7 Å². The molecule has 0 aliphatic carbocycles. The van der Waals surface area contributed by atoms with Gasteiger partial charge in [-0.15, -0.1) is 0 Å². The van der Waals surface area contributed by atoms with Gasteiger partial charge in [-0.3, -0.25) is 4.79 Å². The summed E-state index contributed by atoms with van der Waals surface area (Å²) in [6.07, 6.45) is 0. The van der Waals surface area contributed by atoms with Crippen molar-refractivity contribution in [3.8, 4) is 17.2 Å². The fraction of sp³-hybridized carbons (Fsp3) is 0.316. The molecule has 2 aromatic carbocycles. The molecule has 0 heterocycles. The Kier molecular flexibility index (Phi) is 6.77. The van der Waals surface area contributed by atoms with E-state index in [2.05, 4.69) is 4.74 Å². The van der Waals surface area contributed by atoms with Gasteiger partial charge in [0.25, 0.3) is 5.91 Å². The van der Waals surface area contributed by atoms with Crippen molar-refractivity contribution in [3.63, 3.8) is 0 Å². The molecule has 0 aliphatic rings. The van der Waals surface area contributed by atoms with Crippen molar-refractivity contribution < 1.29 is 27.8 Å². The second-order valence-corrected chi connectivity index (χ2v) is 5.41. The molecule has 0 radical (unpaired) electrons. The van der Waals surface area contributed by atoms with Crippen molar-refractivity contribution in [2.75, 3.05) is 20.8 Å². The molecule has 0 aliphatic heterocycles. The monoisotopic (exact) mass is 365 g/mol. The van der Waals surface area contributed by atoms with Gasteiger partial charge in [-0.25, -0.2) is 0 Å². The SMILES string of the molecule is CCN(Cc1ccc(OC)cc1)C(=O)c1ccc(OC(F)F)c(OC)c1. The molecule has 0 unspecified atom stereocenters. The highest BCUT2D eigenvalue weighted by atomic mass is 19.3. The molecule has 0 atom stereocenters. The molecule has 1 amide bonds. The molecule has 0 spiro atoms. The molecule has 2 rings (SSSR count). The summed E-state index contributed by atoms with van der Waals surface area (Å²) < 4.78 is 39.4. The van der Waals surface area contributed by atoms with Gasteiger partial charge in [0.1, 0.15) is 5.75 Å². The van der Waals surface area contributed by atoms with Crippen LogP contribution in [0.15, 0.2) is 42.5 Å². The van der Waals surface area contributed by atoms with E-state index in [-0.39, 0.29) is 17.4 Å². The third kappa shape index (κ3) is 4.84. The largest absolute Gasteiger partial charge is 0.497 e. The summed E-state index contributed by atoms with van der Waals surface area (Å²) in [6.45, 7) is -0.195. The highest BCUT2D eigenvalue weighted by molar-refractivity contribution is 5.94. The fourth-order valence-electron chi connectivity index (χ4n) is 2.46. The highest BCUT2D eigenvalue weighted by Crippen LogP contribution is 2.30. The molecule has 5 nitrogen and oxygen atoms in total. The van der Waals surface area contributed by atoms with Crippen LogP contribution in [-0.2, 0) is 6.54 Å². The lowest BCUT2D eigenvalue weighted by Gasteiger charge is -2.22. The van der Waals surface area contributed by atoms with Crippen LogP contribution in [0.25, 0.3) is 0 Å². The van der Waals surface area contributed by atoms with Crippen LogP contribution in [0.5, 0.6) is 17.2 Å². The van der Waals surface area contributed by atoms with Crippen LogP contribution in [0.2, 0.25) is 0 Å². The summed E-state index contributed by atoms with van der Waals surface area (Å²) in [4.78, 5) is 14.4. The van der Waals surface area contributed by atoms with Crippen LogP contribution in [0.4, 0.5) is 8.78 Å². The van der Waals surface area contributed by atoms with E-state index in [1.54, 1.807) is 12.0 Å². The lowest BCUT2D eigenvalue weighted by molar-refractivity contribution is -0.0512. The molecule has 0 saturated heterocycles. The Morgan fingerprint density at radius 1 is 1.04 bits per heavy atom. The predicted octanol–water partition coefficient (Wildman–Crippen LogP) is 3.97. The van der Waals surface area contributed by atoms with Crippen molar-refractivity contribution in [1.82, 2.24) is 4.90 Å². The average Bonchev–Trinajstić information content (AvgIpc) is 2.66. The van der Waals surface area contributed by atoms with Gasteiger partial charge in [-0.2, -0.15) is 8.78 Å². The third-order valence-corrected chi connectivity index (χ3v) is 3.83. The second kappa shape index (κ2) is 9.03. The minimum Gasteiger partial charge on any atom is -0.497 e. The molecular formula is C19H21F2NO4. The van der Waals surface area contributed by atoms with E-state index in [0.717, 1.165) is 11.3 Å². The van der Waals surface area contributed by atoms with E-state index < -0.39 is 6.61 Å².